The molecule has 1 aromatic carbocycles. The molecule has 0 saturated heterocycles. The minimum Gasteiger partial charge on any atom is -0.319 e. The zero-order valence-electron chi connectivity index (χ0n) is 11.4. The van der Waals surface area contributed by atoms with Crippen LogP contribution in [-0.4, -0.2) is 23.4 Å². The van der Waals surface area contributed by atoms with Crippen LogP contribution in [0.1, 0.15) is 11.1 Å². The largest absolute Gasteiger partial charge is 0.319 e. The van der Waals surface area contributed by atoms with Gasteiger partial charge in [-0.3, -0.25) is 4.68 Å². The summed E-state index contributed by atoms with van der Waals surface area (Å²) in [4.78, 5) is 0. The quantitative estimate of drug-likeness (QED) is 0.886. The number of aromatic nitrogens is 2. The zero-order valence-corrected chi connectivity index (χ0v) is 13.0. The summed E-state index contributed by atoms with van der Waals surface area (Å²) in [6.45, 7) is 1.02. The summed E-state index contributed by atoms with van der Waals surface area (Å²) in [7, 11) is 3.98. The lowest BCUT2D eigenvalue weighted by molar-refractivity contribution is 0.493. The third-order valence-electron chi connectivity index (χ3n) is 3.21. The second-order valence-electron chi connectivity index (χ2n) is 4.98. The van der Waals surface area contributed by atoms with E-state index in [-0.39, 0.29) is 0 Å². The van der Waals surface area contributed by atoms with Gasteiger partial charge in [-0.25, -0.2) is 0 Å². The molecule has 0 bridgehead atoms. The monoisotopic (exact) mass is 321 g/mol. The Bertz CT molecular complexity index is 504. The van der Waals surface area contributed by atoms with Crippen LogP contribution in [0.5, 0.6) is 0 Å². The Hall–Kier alpha value is -1.13. The van der Waals surface area contributed by atoms with E-state index in [2.05, 4.69) is 56.8 Å². The van der Waals surface area contributed by atoms with Crippen molar-refractivity contribution in [1.82, 2.24) is 15.1 Å². The molecule has 1 heterocycles. The highest BCUT2D eigenvalue weighted by atomic mass is 79.9. The van der Waals surface area contributed by atoms with Gasteiger partial charge >= 0.3 is 0 Å². The molecule has 3 nitrogen and oxygen atoms in total. The molecule has 2 aromatic rings. The van der Waals surface area contributed by atoms with Crippen molar-refractivity contribution in [3.8, 4) is 0 Å². The number of nitrogens with zero attached hydrogens (tertiary/aromatic N) is 2. The fourth-order valence-corrected chi connectivity index (χ4v) is 2.63. The van der Waals surface area contributed by atoms with Crippen LogP contribution < -0.4 is 5.32 Å². The Kier molecular flexibility index (Phi) is 5.16. The number of nitrogens with one attached hydrogen (secondary N) is 1. The summed E-state index contributed by atoms with van der Waals surface area (Å²) < 4.78 is 3.00. The van der Waals surface area contributed by atoms with Crippen molar-refractivity contribution in [3.63, 3.8) is 0 Å². The van der Waals surface area contributed by atoms with E-state index in [0.717, 1.165) is 23.9 Å². The Morgan fingerprint density at radius 2 is 1.89 bits per heavy atom. The molecule has 102 valence electrons. The molecule has 0 aliphatic rings. The highest BCUT2D eigenvalue weighted by Crippen LogP contribution is 2.16. The minimum atomic E-state index is 0.593. The van der Waals surface area contributed by atoms with E-state index in [1.54, 1.807) is 0 Å². The molecule has 0 saturated carbocycles. The van der Waals surface area contributed by atoms with Crippen molar-refractivity contribution >= 4 is 15.9 Å². The molecule has 1 unspecified atom stereocenters. The van der Waals surface area contributed by atoms with Crippen molar-refractivity contribution in [3.05, 3.63) is 52.3 Å². The van der Waals surface area contributed by atoms with Crippen LogP contribution in [0.25, 0.3) is 0 Å². The van der Waals surface area contributed by atoms with Gasteiger partial charge in [0.15, 0.2) is 0 Å². The van der Waals surface area contributed by atoms with Gasteiger partial charge in [0.2, 0.25) is 0 Å². The van der Waals surface area contributed by atoms with E-state index < -0.39 is 0 Å². The van der Waals surface area contributed by atoms with Gasteiger partial charge in [0.25, 0.3) is 0 Å². The number of benzene rings is 1. The molecule has 19 heavy (non-hydrogen) atoms. The third-order valence-corrected chi connectivity index (χ3v) is 3.74. The van der Waals surface area contributed by atoms with Crippen LogP contribution >= 0.6 is 15.9 Å². The maximum absolute atomic E-state index is 4.24. The van der Waals surface area contributed by atoms with E-state index in [4.69, 9.17) is 0 Å². The topological polar surface area (TPSA) is 29.9 Å². The first-order chi connectivity index (χ1) is 9.17. The van der Waals surface area contributed by atoms with Gasteiger partial charge < -0.3 is 5.32 Å². The van der Waals surface area contributed by atoms with Gasteiger partial charge in [-0.2, -0.15) is 5.10 Å². The number of hydrogen-bond acceptors (Lipinski definition) is 2. The average Bonchev–Trinajstić information content (AvgIpc) is 2.78. The fraction of sp³-hybridized carbons (Fsp3) is 0.400. The van der Waals surface area contributed by atoms with Crippen LogP contribution in [0.2, 0.25) is 0 Å². The van der Waals surface area contributed by atoms with Crippen molar-refractivity contribution < 1.29 is 0 Å². The number of halogens is 1. The molecule has 0 spiro atoms. The first-order valence-electron chi connectivity index (χ1n) is 6.54. The number of aryl methyl sites for hydroxylation is 1. The van der Waals surface area contributed by atoms with Gasteiger partial charge in [-0.05, 0) is 55.6 Å². The number of rotatable bonds is 6. The van der Waals surface area contributed by atoms with Gasteiger partial charge in [-0.15, -0.1) is 0 Å². The summed E-state index contributed by atoms with van der Waals surface area (Å²) in [5.74, 6) is 0.593. The first kappa shape index (κ1) is 14.3. The maximum atomic E-state index is 4.24. The zero-order chi connectivity index (χ0) is 13.7. The van der Waals surface area contributed by atoms with E-state index in [1.165, 1.54) is 11.1 Å². The van der Waals surface area contributed by atoms with Crippen LogP contribution in [0.4, 0.5) is 0 Å². The molecule has 0 amide bonds. The SMILES string of the molecule is CNCC(Cc1ccc(Br)cc1)Cc1cnn(C)c1. The van der Waals surface area contributed by atoms with Gasteiger partial charge in [0.05, 0.1) is 6.20 Å². The molecular formula is C15H20BrN3. The third kappa shape index (κ3) is 4.48. The fourth-order valence-electron chi connectivity index (χ4n) is 2.37. The Balaban J connectivity index is 2.01. The lowest BCUT2D eigenvalue weighted by atomic mass is 9.94. The predicted molar refractivity (Wildman–Crippen MR) is 82.2 cm³/mol. The van der Waals surface area contributed by atoms with Crippen molar-refractivity contribution in [2.45, 2.75) is 12.8 Å². The molecule has 1 N–H and O–H groups in total. The molecule has 0 aliphatic heterocycles. The van der Waals surface area contributed by atoms with Crippen LogP contribution in [0.15, 0.2) is 41.1 Å². The molecule has 1 atom stereocenters. The van der Waals surface area contributed by atoms with Gasteiger partial charge in [0, 0.05) is 17.7 Å². The first-order valence-corrected chi connectivity index (χ1v) is 7.33. The maximum Gasteiger partial charge on any atom is 0.0521 e. The summed E-state index contributed by atoms with van der Waals surface area (Å²) >= 11 is 3.48. The van der Waals surface area contributed by atoms with Gasteiger partial charge in [0.1, 0.15) is 0 Å². The lowest BCUT2D eigenvalue weighted by Gasteiger charge is -2.16. The second-order valence-corrected chi connectivity index (χ2v) is 5.90. The summed E-state index contributed by atoms with van der Waals surface area (Å²) in [6, 6.07) is 8.59. The Morgan fingerprint density at radius 1 is 1.21 bits per heavy atom. The van der Waals surface area contributed by atoms with Crippen LogP contribution in [0, 0.1) is 5.92 Å². The van der Waals surface area contributed by atoms with E-state index in [1.807, 2.05) is 25.0 Å². The van der Waals surface area contributed by atoms with Crippen molar-refractivity contribution in [2.75, 3.05) is 13.6 Å². The molecule has 2 rings (SSSR count). The van der Waals surface area contributed by atoms with E-state index in [9.17, 15) is 0 Å². The normalized spacial score (nSPS) is 12.6. The second kappa shape index (κ2) is 6.87. The number of hydrogen-bond donors (Lipinski definition) is 1. The highest BCUT2D eigenvalue weighted by Gasteiger charge is 2.11. The molecule has 0 aliphatic carbocycles. The lowest BCUT2D eigenvalue weighted by Crippen LogP contribution is -2.22. The molecular weight excluding hydrogens is 302 g/mol. The van der Waals surface area contributed by atoms with Crippen LogP contribution in [0.3, 0.4) is 0 Å². The Labute approximate surface area is 123 Å². The molecule has 0 radical (unpaired) electrons. The van der Waals surface area contributed by atoms with E-state index in [0.29, 0.717) is 5.92 Å². The average molecular weight is 322 g/mol. The van der Waals surface area contributed by atoms with Crippen LogP contribution in [-0.2, 0) is 19.9 Å². The van der Waals surface area contributed by atoms with E-state index >= 15 is 0 Å². The highest BCUT2D eigenvalue weighted by molar-refractivity contribution is 9.10. The Morgan fingerprint density at radius 3 is 2.47 bits per heavy atom. The van der Waals surface area contributed by atoms with Crippen molar-refractivity contribution in [2.24, 2.45) is 13.0 Å². The summed E-state index contributed by atoms with van der Waals surface area (Å²) in [6.07, 6.45) is 6.21. The summed E-state index contributed by atoms with van der Waals surface area (Å²) in [5.41, 5.74) is 2.69. The predicted octanol–water partition coefficient (Wildman–Crippen LogP) is 2.80. The standard InChI is InChI=1S/C15H20BrN3/c1-17-9-13(8-14-10-18-19(2)11-14)7-12-3-5-15(16)6-4-12/h3-6,10-11,13,17H,7-9H2,1-2H3. The minimum absolute atomic E-state index is 0.593. The molecule has 1 aromatic heterocycles. The summed E-state index contributed by atoms with van der Waals surface area (Å²) in [5, 5.41) is 7.53. The van der Waals surface area contributed by atoms with Crippen molar-refractivity contribution in [1.29, 1.82) is 0 Å². The molecule has 0 fully saturated rings. The smallest absolute Gasteiger partial charge is 0.0521 e. The molecule has 4 heteroatoms. The van der Waals surface area contributed by atoms with Gasteiger partial charge in [-0.1, -0.05) is 28.1 Å².